The minimum absolute atomic E-state index is 0.0615. The summed E-state index contributed by atoms with van der Waals surface area (Å²) in [5, 5.41) is 3.37. The number of carbonyl (C=O) groups is 1. The van der Waals surface area contributed by atoms with Crippen molar-refractivity contribution in [3.05, 3.63) is 47.5 Å². The molecule has 1 aliphatic carbocycles. The van der Waals surface area contributed by atoms with Crippen LogP contribution in [0.2, 0.25) is 0 Å². The Labute approximate surface area is 194 Å². The van der Waals surface area contributed by atoms with Crippen molar-refractivity contribution in [2.24, 2.45) is 5.92 Å². The number of nitrogens with zero attached hydrogens (tertiary/aromatic N) is 5. The van der Waals surface area contributed by atoms with E-state index in [1.807, 2.05) is 0 Å². The Morgan fingerprint density at radius 1 is 0.939 bits per heavy atom. The number of nitrogens with one attached hydrogen (secondary N) is 1. The van der Waals surface area contributed by atoms with E-state index in [2.05, 4.69) is 49.0 Å². The van der Waals surface area contributed by atoms with Gasteiger partial charge in [-0.2, -0.15) is 0 Å². The number of rotatable bonds is 3. The number of aryl methyl sites for hydroxylation is 3. The van der Waals surface area contributed by atoms with E-state index in [4.69, 9.17) is 4.98 Å². The lowest BCUT2D eigenvalue weighted by atomic mass is 9.87. The second-order valence-electron chi connectivity index (χ2n) is 9.77. The smallest absolute Gasteiger partial charge is 0.223 e. The van der Waals surface area contributed by atoms with Gasteiger partial charge in [0.2, 0.25) is 5.91 Å². The highest BCUT2D eigenvalue weighted by Gasteiger charge is 2.30. The molecule has 0 spiro atoms. The molecule has 0 saturated carbocycles. The van der Waals surface area contributed by atoms with Crippen LogP contribution in [0.25, 0.3) is 11.2 Å². The molecule has 1 aromatic carbocycles. The van der Waals surface area contributed by atoms with E-state index in [0.29, 0.717) is 0 Å². The number of hydrogen-bond donors (Lipinski definition) is 1. The van der Waals surface area contributed by atoms with Crippen LogP contribution in [0.3, 0.4) is 0 Å². The number of benzene rings is 1. The van der Waals surface area contributed by atoms with E-state index in [-0.39, 0.29) is 17.9 Å². The summed E-state index contributed by atoms with van der Waals surface area (Å²) in [5.74, 6) is 2.34. The minimum Gasteiger partial charge on any atom is -0.355 e. The van der Waals surface area contributed by atoms with E-state index < -0.39 is 0 Å². The van der Waals surface area contributed by atoms with Gasteiger partial charge in [-0.1, -0.05) is 30.7 Å². The quantitative estimate of drug-likeness (QED) is 0.662. The topological polar surface area (TPSA) is 75.9 Å². The summed E-state index contributed by atoms with van der Waals surface area (Å²) in [7, 11) is 0. The molecule has 4 heterocycles. The van der Waals surface area contributed by atoms with Crippen molar-refractivity contribution in [3.63, 3.8) is 0 Å². The minimum atomic E-state index is 0.0615. The van der Waals surface area contributed by atoms with Crippen LogP contribution in [0, 0.1) is 5.92 Å². The van der Waals surface area contributed by atoms with Crippen molar-refractivity contribution < 1.29 is 4.79 Å². The van der Waals surface area contributed by atoms with Crippen LogP contribution in [0.5, 0.6) is 0 Å². The first kappa shape index (κ1) is 20.6. The lowest BCUT2D eigenvalue weighted by molar-refractivity contribution is -0.126. The number of piperidine rings is 1. The Morgan fingerprint density at radius 3 is 2.73 bits per heavy atom. The number of hydrogen-bond acceptors (Lipinski definition) is 5. The number of imidazole rings is 1. The maximum Gasteiger partial charge on any atom is 0.223 e. The molecule has 3 aromatic rings. The molecule has 7 heteroatoms. The molecular weight excluding hydrogens is 412 g/mol. The van der Waals surface area contributed by atoms with Gasteiger partial charge in [-0.3, -0.25) is 4.79 Å². The Bertz CT molecular complexity index is 1160. The van der Waals surface area contributed by atoms with Gasteiger partial charge >= 0.3 is 0 Å². The Balaban J connectivity index is 1.14. The monoisotopic (exact) mass is 444 g/mol. The van der Waals surface area contributed by atoms with Crippen LogP contribution >= 0.6 is 0 Å². The number of fused-ring (bicyclic) bond motifs is 4. The lowest BCUT2D eigenvalue weighted by Crippen LogP contribution is -2.42. The summed E-state index contributed by atoms with van der Waals surface area (Å²) < 4.78 is 2.29. The van der Waals surface area contributed by atoms with Gasteiger partial charge in [0.05, 0.1) is 6.04 Å². The highest BCUT2D eigenvalue weighted by atomic mass is 16.2. The summed E-state index contributed by atoms with van der Waals surface area (Å²) >= 11 is 0. The van der Waals surface area contributed by atoms with E-state index in [9.17, 15) is 4.79 Å². The zero-order valence-corrected chi connectivity index (χ0v) is 19.2. The average Bonchev–Trinajstić information content (AvgIpc) is 3.05. The molecule has 1 fully saturated rings. The first-order chi connectivity index (χ1) is 16.3. The van der Waals surface area contributed by atoms with Gasteiger partial charge in [-0.15, -0.1) is 0 Å². The first-order valence-corrected chi connectivity index (χ1v) is 12.6. The van der Waals surface area contributed by atoms with E-state index in [1.54, 1.807) is 6.33 Å². The largest absolute Gasteiger partial charge is 0.355 e. The summed E-state index contributed by atoms with van der Waals surface area (Å²) in [6.45, 7) is 2.65. The van der Waals surface area contributed by atoms with Crippen molar-refractivity contribution in [1.29, 1.82) is 0 Å². The van der Waals surface area contributed by atoms with Crippen LogP contribution in [0.15, 0.2) is 30.6 Å². The lowest BCUT2D eigenvalue weighted by Gasteiger charge is -2.33. The average molecular weight is 445 g/mol. The molecule has 6 rings (SSSR count). The molecule has 1 saturated heterocycles. The second-order valence-corrected chi connectivity index (χ2v) is 9.77. The van der Waals surface area contributed by atoms with Gasteiger partial charge in [0, 0.05) is 32.0 Å². The van der Waals surface area contributed by atoms with Gasteiger partial charge in [0.25, 0.3) is 0 Å². The molecule has 33 heavy (non-hydrogen) atoms. The molecule has 2 aromatic heterocycles. The number of carbonyl (C=O) groups excluding carboxylic acids is 1. The molecule has 1 unspecified atom stereocenters. The fraction of sp³-hybridized carbons (Fsp3) is 0.538. The normalized spacial score (nSPS) is 21.3. The maximum atomic E-state index is 13.1. The van der Waals surface area contributed by atoms with E-state index >= 15 is 0 Å². The second kappa shape index (κ2) is 8.76. The Hall–Kier alpha value is -2.96. The van der Waals surface area contributed by atoms with Crippen molar-refractivity contribution in [3.8, 4) is 0 Å². The van der Waals surface area contributed by atoms with Crippen molar-refractivity contribution >= 4 is 22.9 Å². The van der Waals surface area contributed by atoms with Gasteiger partial charge in [0.1, 0.15) is 12.2 Å². The maximum absolute atomic E-state index is 13.1. The molecular formula is C26H32N6O. The zero-order valence-electron chi connectivity index (χ0n) is 19.2. The third-order valence-corrected chi connectivity index (χ3v) is 7.73. The fourth-order valence-corrected chi connectivity index (χ4v) is 5.90. The van der Waals surface area contributed by atoms with Gasteiger partial charge in [-0.05, 0) is 56.1 Å². The molecule has 1 N–H and O–H groups in total. The highest BCUT2D eigenvalue weighted by Crippen LogP contribution is 2.32. The van der Waals surface area contributed by atoms with E-state index in [1.165, 1.54) is 30.4 Å². The molecule has 172 valence electrons. The number of aromatic nitrogens is 4. The molecule has 0 radical (unpaired) electrons. The third-order valence-electron chi connectivity index (χ3n) is 7.73. The van der Waals surface area contributed by atoms with Crippen LogP contribution in [-0.2, 0) is 24.2 Å². The van der Waals surface area contributed by atoms with Crippen LogP contribution in [0.1, 0.15) is 67.9 Å². The molecule has 1 amide bonds. The Kier molecular flexibility index (Phi) is 5.48. The summed E-state index contributed by atoms with van der Waals surface area (Å²) in [6, 6.07) is 8.71. The van der Waals surface area contributed by atoms with E-state index in [0.717, 1.165) is 81.0 Å². The first-order valence-electron chi connectivity index (χ1n) is 12.6. The van der Waals surface area contributed by atoms with Crippen molar-refractivity contribution in [2.75, 3.05) is 18.0 Å². The van der Waals surface area contributed by atoms with Crippen LogP contribution in [0.4, 0.5) is 5.82 Å². The summed E-state index contributed by atoms with van der Waals surface area (Å²) in [4.78, 5) is 29.6. The predicted octanol–water partition coefficient (Wildman–Crippen LogP) is 3.96. The molecule has 1 atom stereocenters. The molecule has 7 nitrogen and oxygen atoms in total. The number of amides is 1. The standard InChI is InChI=1S/C26H32N6O/c33-26(29-21-10-6-8-18-7-3-4-9-20(18)21)19-12-15-31(16-13-19)24-23-25(28-17-27-24)32-14-5-1-2-11-22(32)30-23/h3-4,7,9,17,19,21H,1-2,5-6,8,10-16H2,(H,29,33). The van der Waals surface area contributed by atoms with Crippen LogP contribution < -0.4 is 10.2 Å². The fourth-order valence-electron chi connectivity index (χ4n) is 5.90. The molecule has 2 aliphatic heterocycles. The van der Waals surface area contributed by atoms with Gasteiger partial charge in [-0.25, -0.2) is 15.0 Å². The van der Waals surface area contributed by atoms with Crippen molar-refractivity contribution in [2.45, 2.75) is 70.4 Å². The third kappa shape index (κ3) is 3.87. The Morgan fingerprint density at radius 2 is 1.82 bits per heavy atom. The molecule has 0 bridgehead atoms. The van der Waals surface area contributed by atoms with Crippen molar-refractivity contribution in [1.82, 2.24) is 24.8 Å². The zero-order chi connectivity index (χ0) is 22.2. The van der Waals surface area contributed by atoms with Gasteiger partial charge < -0.3 is 14.8 Å². The summed E-state index contributed by atoms with van der Waals surface area (Å²) in [6.07, 6.45) is 11.3. The SMILES string of the molecule is O=C(NC1CCCc2ccccc21)C1CCN(c2ncnc3c2nc2n3CCCCC2)CC1. The summed E-state index contributed by atoms with van der Waals surface area (Å²) in [5.41, 5.74) is 4.58. The molecule has 3 aliphatic rings. The van der Waals surface area contributed by atoms with Gasteiger partial charge in [0.15, 0.2) is 17.0 Å². The number of anilines is 1. The van der Waals surface area contributed by atoms with Crippen LogP contribution in [-0.4, -0.2) is 38.5 Å². The highest BCUT2D eigenvalue weighted by molar-refractivity contribution is 5.84. The predicted molar refractivity (Wildman–Crippen MR) is 128 cm³/mol.